The number of aromatic nitrogens is 2. The van der Waals surface area contributed by atoms with Crippen LogP contribution in [0.25, 0.3) is 11.4 Å². The molecule has 2 heterocycles. The lowest BCUT2D eigenvalue weighted by Gasteiger charge is -2.30. The Hall–Kier alpha value is -2.61. The Balaban J connectivity index is 1.56. The van der Waals surface area contributed by atoms with Crippen LogP contribution in [0, 0.1) is 5.92 Å². The third kappa shape index (κ3) is 4.81. The molecular formula is C20H28N4O4. The highest BCUT2D eigenvalue weighted by Crippen LogP contribution is 2.31. The number of carbonyl (C=O) groups excluding carboxylic acids is 1. The van der Waals surface area contributed by atoms with E-state index in [9.17, 15) is 4.79 Å². The number of benzene rings is 1. The highest BCUT2D eigenvalue weighted by atomic mass is 16.5. The molecule has 0 saturated carbocycles. The summed E-state index contributed by atoms with van der Waals surface area (Å²) in [5.41, 5.74) is 0.805. The summed E-state index contributed by atoms with van der Waals surface area (Å²) in [5, 5.41) is 7.07. The second-order valence-electron chi connectivity index (χ2n) is 6.92. The summed E-state index contributed by atoms with van der Waals surface area (Å²) in [6, 6.07) is 5.52. The minimum Gasteiger partial charge on any atom is -0.493 e. The van der Waals surface area contributed by atoms with E-state index in [1.54, 1.807) is 14.2 Å². The Kier molecular flexibility index (Phi) is 6.86. The SMILES string of the molecule is CCCNC(=O)C1CCN(Cc2nc(-c3ccc(OC)c(OC)c3)no2)CC1. The molecular weight excluding hydrogens is 360 g/mol. The van der Waals surface area contributed by atoms with Crippen LogP contribution in [0.5, 0.6) is 11.5 Å². The lowest BCUT2D eigenvalue weighted by Crippen LogP contribution is -2.40. The molecule has 1 amide bonds. The van der Waals surface area contributed by atoms with E-state index in [2.05, 4.69) is 27.3 Å². The van der Waals surface area contributed by atoms with E-state index < -0.39 is 0 Å². The molecule has 1 aromatic carbocycles. The number of methoxy groups -OCH3 is 2. The van der Waals surface area contributed by atoms with E-state index in [-0.39, 0.29) is 11.8 Å². The van der Waals surface area contributed by atoms with Crippen molar-refractivity contribution in [2.24, 2.45) is 5.92 Å². The van der Waals surface area contributed by atoms with Crippen molar-refractivity contribution in [3.63, 3.8) is 0 Å². The molecule has 1 aliphatic rings. The number of ether oxygens (including phenoxy) is 2. The minimum absolute atomic E-state index is 0.104. The van der Waals surface area contributed by atoms with Crippen molar-refractivity contribution in [1.29, 1.82) is 0 Å². The van der Waals surface area contributed by atoms with Crippen molar-refractivity contribution in [3.8, 4) is 22.9 Å². The molecule has 3 rings (SSSR count). The highest BCUT2D eigenvalue weighted by molar-refractivity contribution is 5.78. The molecule has 0 atom stereocenters. The summed E-state index contributed by atoms with van der Waals surface area (Å²) >= 11 is 0. The van der Waals surface area contributed by atoms with Gasteiger partial charge in [0.15, 0.2) is 11.5 Å². The van der Waals surface area contributed by atoms with Gasteiger partial charge in [-0.05, 0) is 50.6 Å². The van der Waals surface area contributed by atoms with E-state index in [0.717, 1.165) is 44.5 Å². The van der Waals surface area contributed by atoms with Crippen molar-refractivity contribution >= 4 is 5.91 Å². The fraction of sp³-hybridized carbons (Fsp3) is 0.550. The molecule has 8 heteroatoms. The van der Waals surface area contributed by atoms with Gasteiger partial charge in [-0.15, -0.1) is 0 Å². The van der Waals surface area contributed by atoms with Gasteiger partial charge < -0.3 is 19.3 Å². The monoisotopic (exact) mass is 388 g/mol. The summed E-state index contributed by atoms with van der Waals surface area (Å²) in [6.45, 7) is 5.09. The maximum absolute atomic E-state index is 12.1. The first-order chi connectivity index (χ1) is 13.6. The molecule has 1 aromatic heterocycles. The predicted molar refractivity (Wildman–Crippen MR) is 104 cm³/mol. The predicted octanol–water partition coefficient (Wildman–Crippen LogP) is 2.49. The van der Waals surface area contributed by atoms with Gasteiger partial charge in [-0.3, -0.25) is 9.69 Å². The van der Waals surface area contributed by atoms with Crippen molar-refractivity contribution in [2.45, 2.75) is 32.7 Å². The van der Waals surface area contributed by atoms with Crippen LogP contribution in [-0.2, 0) is 11.3 Å². The van der Waals surface area contributed by atoms with Crippen molar-refractivity contribution in [1.82, 2.24) is 20.4 Å². The molecule has 0 radical (unpaired) electrons. The van der Waals surface area contributed by atoms with Gasteiger partial charge in [-0.2, -0.15) is 4.98 Å². The fourth-order valence-corrected chi connectivity index (χ4v) is 3.35. The Morgan fingerprint density at radius 2 is 2.00 bits per heavy atom. The van der Waals surface area contributed by atoms with Crippen LogP contribution < -0.4 is 14.8 Å². The van der Waals surface area contributed by atoms with Crippen LogP contribution in [0.2, 0.25) is 0 Å². The van der Waals surface area contributed by atoms with Gasteiger partial charge in [0.05, 0.1) is 20.8 Å². The number of likely N-dealkylation sites (tertiary alicyclic amines) is 1. The number of hydrogen-bond donors (Lipinski definition) is 1. The normalized spacial score (nSPS) is 15.4. The molecule has 0 spiro atoms. The van der Waals surface area contributed by atoms with E-state index in [0.29, 0.717) is 29.8 Å². The summed E-state index contributed by atoms with van der Waals surface area (Å²) in [6.07, 6.45) is 2.67. The van der Waals surface area contributed by atoms with Gasteiger partial charge in [-0.25, -0.2) is 0 Å². The number of hydrogen-bond acceptors (Lipinski definition) is 7. The molecule has 1 aliphatic heterocycles. The first-order valence-corrected chi connectivity index (χ1v) is 9.69. The Labute approximate surface area is 165 Å². The Morgan fingerprint density at radius 3 is 2.68 bits per heavy atom. The average molecular weight is 388 g/mol. The van der Waals surface area contributed by atoms with Crippen LogP contribution in [0.4, 0.5) is 0 Å². The van der Waals surface area contributed by atoms with E-state index in [1.165, 1.54) is 0 Å². The van der Waals surface area contributed by atoms with Crippen LogP contribution in [-0.4, -0.2) is 54.8 Å². The van der Waals surface area contributed by atoms with Crippen molar-refractivity contribution in [2.75, 3.05) is 33.9 Å². The Morgan fingerprint density at radius 1 is 1.25 bits per heavy atom. The van der Waals surface area contributed by atoms with Crippen molar-refractivity contribution < 1.29 is 18.8 Å². The molecule has 1 fully saturated rings. The first kappa shape index (κ1) is 20.1. The number of rotatable bonds is 8. The van der Waals surface area contributed by atoms with Gasteiger partial charge in [0.1, 0.15) is 0 Å². The number of carbonyl (C=O) groups is 1. The van der Waals surface area contributed by atoms with Gasteiger partial charge in [0.2, 0.25) is 17.6 Å². The van der Waals surface area contributed by atoms with E-state index in [1.807, 2.05) is 18.2 Å². The molecule has 8 nitrogen and oxygen atoms in total. The van der Waals surface area contributed by atoms with E-state index >= 15 is 0 Å². The number of amides is 1. The topological polar surface area (TPSA) is 89.7 Å². The van der Waals surface area contributed by atoms with Crippen molar-refractivity contribution in [3.05, 3.63) is 24.1 Å². The zero-order chi connectivity index (χ0) is 19.9. The minimum atomic E-state index is 0.104. The summed E-state index contributed by atoms with van der Waals surface area (Å²) in [7, 11) is 3.19. The molecule has 28 heavy (non-hydrogen) atoms. The van der Waals surface area contributed by atoms with Gasteiger partial charge in [0.25, 0.3) is 0 Å². The maximum Gasteiger partial charge on any atom is 0.241 e. The number of nitrogens with zero attached hydrogens (tertiary/aromatic N) is 3. The van der Waals surface area contributed by atoms with Crippen LogP contribution in [0.3, 0.4) is 0 Å². The van der Waals surface area contributed by atoms with E-state index in [4.69, 9.17) is 14.0 Å². The second kappa shape index (κ2) is 9.54. The lowest BCUT2D eigenvalue weighted by molar-refractivity contribution is -0.126. The molecule has 0 aliphatic carbocycles. The van der Waals surface area contributed by atoms with Crippen LogP contribution in [0.1, 0.15) is 32.1 Å². The third-order valence-electron chi connectivity index (χ3n) is 4.98. The number of piperidine rings is 1. The third-order valence-corrected chi connectivity index (χ3v) is 4.98. The largest absolute Gasteiger partial charge is 0.493 e. The number of nitrogens with one attached hydrogen (secondary N) is 1. The zero-order valence-electron chi connectivity index (χ0n) is 16.7. The molecule has 2 aromatic rings. The van der Waals surface area contributed by atoms with Gasteiger partial charge in [0, 0.05) is 18.0 Å². The maximum atomic E-state index is 12.1. The molecule has 0 bridgehead atoms. The zero-order valence-corrected chi connectivity index (χ0v) is 16.7. The second-order valence-corrected chi connectivity index (χ2v) is 6.92. The van der Waals surface area contributed by atoms with Gasteiger partial charge >= 0.3 is 0 Å². The van der Waals surface area contributed by atoms with Crippen LogP contribution in [0.15, 0.2) is 22.7 Å². The quantitative estimate of drug-likeness (QED) is 0.743. The summed E-state index contributed by atoms with van der Waals surface area (Å²) < 4.78 is 16.0. The van der Waals surface area contributed by atoms with Gasteiger partial charge in [-0.1, -0.05) is 12.1 Å². The lowest BCUT2D eigenvalue weighted by atomic mass is 9.96. The average Bonchev–Trinajstić information content (AvgIpc) is 3.20. The molecule has 0 unspecified atom stereocenters. The molecule has 1 saturated heterocycles. The van der Waals surface area contributed by atoms with Crippen LogP contribution >= 0.6 is 0 Å². The molecule has 1 N–H and O–H groups in total. The smallest absolute Gasteiger partial charge is 0.241 e. The summed E-state index contributed by atoms with van der Waals surface area (Å²) in [4.78, 5) is 18.8. The summed E-state index contributed by atoms with van der Waals surface area (Å²) in [5.74, 6) is 2.64. The first-order valence-electron chi connectivity index (χ1n) is 9.69. The Bertz CT molecular complexity index is 784. The highest BCUT2D eigenvalue weighted by Gasteiger charge is 2.25. The standard InChI is InChI=1S/C20H28N4O4/c1-4-9-21-20(25)14-7-10-24(11-8-14)13-18-22-19(23-28-18)15-5-6-16(26-2)17(12-15)27-3/h5-6,12,14H,4,7-11,13H2,1-3H3,(H,21,25). The molecule has 152 valence electrons. The fourth-order valence-electron chi connectivity index (χ4n) is 3.35.